The lowest BCUT2D eigenvalue weighted by atomic mass is 9.89. The summed E-state index contributed by atoms with van der Waals surface area (Å²) in [6.45, 7) is 0. The molecule has 10 rings (SSSR count). The highest BCUT2D eigenvalue weighted by molar-refractivity contribution is 5.98. The largest absolute Gasteiger partial charge is 0.310 e. The Kier molecular flexibility index (Phi) is 9.68. The molecular formula is C58H41N. The third-order valence-electron chi connectivity index (χ3n) is 11.3. The Morgan fingerprint density at radius 2 is 0.627 bits per heavy atom. The molecule has 0 aliphatic heterocycles. The van der Waals surface area contributed by atoms with E-state index in [0.29, 0.717) is 0 Å². The second kappa shape index (κ2) is 16.0. The molecule has 10 aromatic carbocycles. The topological polar surface area (TPSA) is 3.24 Å². The van der Waals surface area contributed by atoms with Gasteiger partial charge in [-0.15, -0.1) is 0 Å². The van der Waals surface area contributed by atoms with E-state index in [-0.39, 0.29) is 0 Å². The van der Waals surface area contributed by atoms with Gasteiger partial charge in [-0.3, -0.25) is 0 Å². The van der Waals surface area contributed by atoms with Gasteiger partial charge in [0.2, 0.25) is 0 Å². The van der Waals surface area contributed by atoms with E-state index in [4.69, 9.17) is 0 Å². The molecule has 1 nitrogen and oxygen atoms in total. The van der Waals surface area contributed by atoms with Crippen molar-refractivity contribution in [1.29, 1.82) is 0 Å². The molecule has 0 amide bonds. The van der Waals surface area contributed by atoms with Crippen molar-refractivity contribution < 1.29 is 0 Å². The molecule has 59 heavy (non-hydrogen) atoms. The molecule has 0 fully saturated rings. The van der Waals surface area contributed by atoms with Crippen LogP contribution in [0.4, 0.5) is 17.1 Å². The zero-order valence-electron chi connectivity index (χ0n) is 32.6. The van der Waals surface area contributed by atoms with Gasteiger partial charge in [-0.1, -0.05) is 212 Å². The lowest BCUT2D eigenvalue weighted by Gasteiger charge is -2.29. The van der Waals surface area contributed by atoms with E-state index in [9.17, 15) is 0 Å². The predicted molar refractivity (Wildman–Crippen MR) is 251 cm³/mol. The maximum atomic E-state index is 2.42. The molecule has 0 unspecified atom stereocenters. The molecule has 0 bridgehead atoms. The van der Waals surface area contributed by atoms with Gasteiger partial charge in [0.15, 0.2) is 0 Å². The van der Waals surface area contributed by atoms with E-state index < -0.39 is 0 Å². The Morgan fingerprint density at radius 1 is 0.220 bits per heavy atom. The zero-order valence-corrected chi connectivity index (χ0v) is 32.6. The van der Waals surface area contributed by atoms with E-state index >= 15 is 0 Å². The van der Waals surface area contributed by atoms with Crippen molar-refractivity contribution in [2.45, 2.75) is 0 Å². The van der Waals surface area contributed by atoms with Crippen LogP contribution in [-0.2, 0) is 0 Å². The number of rotatable bonds is 9. The summed E-state index contributed by atoms with van der Waals surface area (Å²) < 4.78 is 0. The normalized spacial score (nSPS) is 11.1. The van der Waals surface area contributed by atoms with Crippen LogP contribution in [0.5, 0.6) is 0 Å². The highest BCUT2D eigenvalue weighted by Gasteiger charge is 2.21. The fourth-order valence-electron chi connectivity index (χ4n) is 8.44. The smallest absolute Gasteiger partial charge is 0.0546 e. The highest BCUT2D eigenvalue weighted by Crippen LogP contribution is 2.46. The average molecular weight is 752 g/mol. The van der Waals surface area contributed by atoms with Crippen LogP contribution in [-0.4, -0.2) is 0 Å². The molecule has 0 heterocycles. The van der Waals surface area contributed by atoms with Crippen molar-refractivity contribution in [3.05, 3.63) is 249 Å². The first-order chi connectivity index (χ1) is 29.3. The number of benzene rings is 10. The quantitative estimate of drug-likeness (QED) is 0.142. The Balaban J connectivity index is 1.12. The van der Waals surface area contributed by atoms with Crippen molar-refractivity contribution in [2.24, 2.45) is 0 Å². The molecule has 0 spiro atoms. The lowest BCUT2D eigenvalue weighted by molar-refractivity contribution is 1.28. The summed E-state index contributed by atoms with van der Waals surface area (Å²) in [4.78, 5) is 2.42. The molecule has 0 aliphatic rings. The van der Waals surface area contributed by atoms with Crippen molar-refractivity contribution in [3.63, 3.8) is 0 Å². The average Bonchev–Trinajstić information content (AvgIpc) is 3.33. The molecule has 0 atom stereocenters. The van der Waals surface area contributed by atoms with Crippen LogP contribution in [0.2, 0.25) is 0 Å². The minimum absolute atomic E-state index is 1.08. The summed E-state index contributed by atoms with van der Waals surface area (Å²) in [7, 11) is 0. The minimum Gasteiger partial charge on any atom is -0.310 e. The van der Waals surface area contributed by atoms with E-state index in [0.717, 1.165) is 17.1 Å². The van der Waals surface area contributed by atoms with Gasteiger partial charge in [0.05, 0.1) is 5.69 Å². The van der Waals surface area contributed by atoms with Crippen molar-refractivity contribution in [2.75, 3.05) is 4.90 Å². The molecule has 278 valence electrons. The molecule has 0 aromatic heterocycles. The van der Waals surface area contributed by atoms with Crippen LogP contribution in [0.25, 0.3) is 77.5 Å². The Hall–Kier alpha value is -7.74. The first kappa shape index (κ1) is 35.7. The first-order valence-electron chi connectivity index (χ1n) is 20.3. The van der Waals surface area contributed by atoms with Crippen LogP contribution in [0.1, 0.15) is 0 Å². The fraction of sp³-hybridized carbons (Fsp3) is 0. The number of hydrogen-bond donors (Lipinski definition) is 0. The molecule has 0 N–H and O–H groups in total. The van der Waals surface area contributed by atoms with Gasteiger partial charge < -0.3 is 4.90 Å². The molecule has 0 aliphatic carbocycles. The van der Waals surface area contributed by atoms with Gasteiger partial charge in [-0.2, -0.15) is 0 Å². The maximum absolute atomic E-state index is 2.42. The predicted octanol–water partition coefficient (Wildman–Crippen LogP) is 16.3. The van der Waals surface area contributed by atoms with Gasteiger partial charge in [-0.05, 0) is 108 Å². The van der Waals surface area contributed by atoms with Gasteiger partial charge >= 0.3 is 0 Å². The van der Waals surface area contributed by atoms with E-state index in [2.05, 4.69) is 254 Å². The van der Waals surface area contributed by atoms with Gasteiger partial charge in [-0.25, -0.2) is 0 Å². The van der Waals surface area contributed by atoms with Gasteiger partial charge in [0.25, 0.3) is 0 Å². The van der Waals surface area contributed by atoms with Crippen LogP contribution in [0.15, 0.2) is 249 Å². The highest BCUT2D eigenvalue weighted by atomic mass is 15.1. The van der Waals surface area contributed by atoms with Crippen LogP contribution in [0, 0.1) is 0 Å². The molecule has 1 heteroatoms. The summed E-state index contributed by atoms with van der Waals surface area (Å²) in [6.07, 6.45) is 0. The van der Waals surface area contributed by atoms with Gasteiger partial charge in [0.1, 0.15) is 0 Å². The number of nitrogens with zero attached hydrogens (tertiary/aromatic N) is 1. The van der Waals surface area contributed by atoms with Gasteiger partial charge in [0, 0.05) is 16.9 Å². The molecule has 0 radical (unpaired) electrons. The van der Waals surface area contributed by atoms with Crippen LogP contribution < -0.4 is 4.90 Å². The first-order valence-corrected chi connectivity index (χ1v) is 20.3. The Morgan fingerprint density at radius 3 is 1.20 bits per heavy atom. The maximum Gasteiger partial charge on any atom is 0.0546 e. The summed E-state index contributed by atoms with van der Waals surface area (Å²) in [5.74, 6) is 0. The van der Waals surface area contributed by atoms with Crippen LogP contribution in [0.3, 0.4) is 0 Å². The SMILES string of the molecule is c1ccc(-c2ccccc2-c2ccccc2-c2ccc(N(c3ccc(-c4ccc5ccccc5c4)cc3)c3cccc(-c4ccccc4)c3-c3ccccc3)cc2)cc1. The Labute approximate surface area is 346 Å². The number of fused-ring (bicyclic) bond motifs is 1. The fourth-order valence-corrected chi connectivity index (χ4v) is 8.44. The van der Waals surface area contributed by atoms with E-state index in [1.165, 1.54) is 77.5 Å². The molecular weight excluding hydrogens is 711 g/mol. The number of hydrogen-bond acceptors (Lipinski definition) is 1. The minimum atomic E-state index is 1.08. The second-order valence-electron chi connectivity index (χ2n) is 14.9. The van der Waals surface area contributed by atoms with Crippen LogP contribution >= 0.6 is 0 Å². The summed E-state index contributed by atoms with van der Waals surface area (Å²) in [5, 5.41) is 2.49. The molecule has 0 saturated carbocycles. The molecule has 10 aromatic rings. The van der Waals surface area contributed by atoms with E-state index in [1.54, 1.807) is 0 Å². The summed E-state index contributed by atoms with van der Waals surface area (Å²) in [6, 6.07) is 89.8. The molecule has 0 saturated heterocycles. The zero-order chi connectivity index (χ0) is 39.4. The lowest BCUT2D eigenvalue weighted by Crippen LogP contribution is -2.11. The monoisotopic (exact) mass is 751 g/mol. The Bertz CT molecular complexity index is 3000. The van der Waals surface area contributed by atoms with Crippen molar-refractivity contribution in [3.8, 4) is 66.8 Å². The second-order valence-corrected chi connectivity index (χ2v) is 14.9. The standard InChI is InChI=1S/C58H41N/c1-4-18-44(19-5-1)52-25-12-14-27-55(52)56-28-15-13-26-53(56)46-35-39-51(40-36-46)59(50-37-33-43(34-38-50)49-32-31-42-17-10-11-24-48(42)41-49)57-30-16-29-54(45-20-6-2-7-21-45)58(57)47-22-8-3-9-23-47/h1-41H. The van der Waals surface area contributed by atoms with E-state index in [1.807, 2.05) is 0 Å². The third kappa shape index (κ3) is 7.12. The summed E-state index contributed by atoms with van der Waals surface area (Å²) >= 11 is 0. The third-order valence-corrected chi connectivity index (χ3v) is 11.3. The van der Waals surface area contributed by atoms with Crippen molar-refractivity contribution >= 4 is 27.8 Å². The van der Waals surface area contributed by atoms with Crippen molar-refractivity contribution in [1.82, 2.24) is 0 Å². The summed E-state index contributed by atoms with van der Waals surface area (Å²) in [5.41, 5.74) is 17.6. The number of anilines is 3.